The molecule has 0 saturated heterocycles. The Morgan fingerprint density at radius 2 is 2.00 bits per heavy atom. The summed E-state index contributed by atoms with van der Waals surface area (Å²) in [4.78, 5) is 0. The van der Waals surface area contributed by atoms with Crippen LogP contribution in [0.4, 0.5) is 8.78 Å². The van der Waals surface area contributed by atoms with Crippen LogP contribution >= 0.6 is 0 Å². The molecule has 0 aromatic heterocycles. The van der Waals surface area contributed by atoms with Crippen molar-refractivity contribution in [2.24, 2.45) is 5.92 Å². The zero-order valence-corrected chi connectivity index (χ0v) is 9.05. The van der Waals surface area contributed by atoms with Crippen molar-refractivity contribution in [3.63, 3.8) is 0 Å². The van der Waals surface area contributed by atoms with Crippen molar-refractivity contribution in [3.8, 4) is 0 Å². The Bertz CT molecular complexity index is 401. The normalized spacial score (nSPS) is 28.1. The van der Waals surface area contributed by atoms with Crippen LogP contribution in [0.3, 0.4) is 0 Å². The summed E-state index contributed by atoms with van der Waals surface area (Å²) in [5.74, 6) is -0.429. The fourth-order valence-electron chi connectivity index (χ4n) is 2.23. The number of hydrogen-bond donors (Lipinski definition) is 1. The van der Waals surface area contributed by atoms with Crippen molar-refractivity contribution in [3.05, 3.63) is 35.4 Å². The molecule has 2 aliphatic carbocycles. The first-order chi connectivity index (χ1) is 7.74. The summed E-state index contributed by atoms with van der Waals surface area (Å²) in [5.41, 5.74) is 0.946. The molecule has 0 radical (unpaired) electrons. The van der Waals surface area contributed by atoms with Gasteiger partial charge in [0.2, 0.25) is 0 Å². The summed E-state index contributed by atoms with van der Waals surface area (Å²) in [6.07, 6.45) is 3.69. The summed E-state index contributed by atoms with van der Waals surface area (Å²) < 4.78 is 25.8. The van der Waals surface area contributed by atoms with Gasteiger partial charge >= 0.3 is 0 Å². The molecule has 16 heavy (non-hydrogen) atoms. The Kier molecular flexibility index (Phi) is 2.43. The van der Waals surface area contributed by atoms with E-state index >= 15 is 0 Å². The lowest BCUT2D eigenvalue weighted by Gasteiger charge is -2.03. The van der Waals surface area contributed by atoms with Gasteiger partial charge in [-0.3, -0.25) is 0 Å². The van der Waals surface area contributed by atoms with E-state index in [1.165, 1.54) is 25.0 Å². The maximum Gasteiger partial charge on any atom is 0.159 e. The Balaban J connectivity index is 1.59. The average Bonchev–Trinajstić information content (AvgIpc) is 3.13. The second kappa shape index (κ2) is 3.81. The number of benzene rings is 1. The lowest BCUT2D eigenvalue weighted by atomic mass is 10.1. The second-order valence-corrected chi connectivity index (χ2v) is 4.96. The molecule has 0 bridgehead atoms. The second-order valence-electron chi connectivity index (χ2n) is 4.96. The van der Waals surface area contributed by atoms with E-state index in [9.17, 15) is 8.78 Å². The fourth-order valence-corrected chi connectivity index (χ4v) is 2.23. The predicted molar refractivity (Wildman–Crippen MR) is 58.2 cm³/mol. The third kappa shape index (κ3) is 2.09. The van der Waals surface area contributed by atoms with Crippen LogP contribution in [0.25, 0.3) is 0 Å². The van der Waals surface area contributed by atoms with Crippen LogP contribution in [0, 0.1) is 17.6 Å². The first-order valence-electron chi connectivity index (χ1n) is 5.92. The van der Waals surface area contributed by atoms with Crippen molar-refractivity contribution < 1.29 is 8.78 Å². The van der Waals surface area contributed by atoms with Gasteiger partial charge in [-0.2, -0.15) is 0 Å². The van der Waals surface area contributed by atoms with E-state index in [0.717, 1.165) is 24.6 Å². The molecule has 1 aromatic rings. The van der Waals surface area contributed by atoms with Gasteiger partial charge in [-0.15, -0.1) is 0 Å². The van der Waals surface area contributed by atoms with Crippen LogP contribution in [-0.4, -0.2) is 12.6 Å². The zero-order chi connectivity index (χ0) is 11.1. The maximum absolute atomic E-state index is 13.0. The highest BCUT2D eigenvalue weighted by atomic mass is 19.2. The highest BCUT2D eigenvalue weighted by Gasteiger charge is 2.39. The molecular weight excluding hydrogens is 208 g/mol. The van der Waals surface area contributed by atoms with E-state index in [0.29, 0.717) is 11.8 Å². The molecule has 1 aromatic carbocycles. The molecule has 0 spiro atoms. The Hall–Kier alpha value is -0.960. The van der Waals surface area contributed by atoms with E-state index in [1.807, 2.05) is 0 Å². The van der Waals surface area contributed by atoms with Crippen molar-refractivity contribution >= 4 is 0 Å². The van der Waals surface area contributed by atoms with Gasteiger partial charge in [-0.1, -0.05) is 6.07 Å². The summed E-state index contributed by atoms with van der Waals surface area (Å²) in [5, 5.41) is 3.48. The Labute approximate surface area is 93.9 Å². The van der Waals surface area contributed by atoms with Gasteiger partial charge in [0.25, 0.3) is 0 Å². The largest absolute Gasteiger partial charge is 0.314 e. The van der Waals surface area contributed by atoms with E-state index in [4.69, 9.17) is 0 Å². The van der Waals surface area contributed by atoms with Gasteiger partial charge in [0.05, 0.1) is 0 Å². The van der Waals surface area contributed by atoms with Crippen molar-refractivity contribution in [2.45, 2.75) is 31.2 Å². The van der Waals surface area contributed by atoms with Crippen molar-refractivity contribution in [1.82, 2.24) is 5.32 Å². The number of nitrogens with one attached hydrogen (secondary N) is 1. The first-order valence-corrected chi connectivity index (χ1v) is 5.92. The van der Waals surface area contributed by atoms with Crippen LogP contribution < -0.4 is 5.32 Å². The van der Waals surface area contributed by atoms with Gasteiger partial charge in [-0.05, 0) is 55.3 Å². The molecule has 1 nitrogen and oxygen atoms in total. The summed E-state index contributed by atoms with van der Waals surface area (Å²) in [6, 6.07) is 5.01. The monoisotopic (exact) mass is 223 g/mol. The lowest BCUT2D eigenvalue weighted by Crippen LogP contribution is -2.19. The maximum atomic E-state index is 13.0. The molecule has 3 rings (SSSR count). The molecule has 3 heteroatoms. The van der Waals surface area contributed by atoms with Gasteiger partial charge in [0.1, 0.15) is 0 Å². The van der Waals surface area contributed by atoms with E-state index in [2.05, 4.69) is 5.32 Å². The minimum absolute atomic E-state index is 0.432. The molecule has 2 atom stereocenters. The smallest absolute Gasteiger partial charge is 0.159 e. The number of halogens is 2. The third-order valence-corrected chi connectivity index (χ3v) is 3.54. The van der Waals surface area contributed by atoms with Crippen molar-refractivity contribution in [1.29, 1.82) is 0 Å². The lowest BCUT2D eigenvalue weighted by molar-refractivity contribution is 0.506. The molecule has 2 saturated carbocycles. The van der Waals surface area contributed by atoms with Gasteiger partial charge in [0, 0.05) is 6.04 Å². The molecule has 86 valence electrons. The Morgan fingerprint density at radius 1 is 1.19 bits per heavy atom. The number of hydrogen-bond acceptors (Lipinski definition) is 1. The highest BCUT2D eigenvalue weighted by Crippen LogP contribution is 2.47. The van der Waals surface area contributed by atoms with E-state index in [1.54, 1.807) is 6.07 Å². The van der Waals surface area contributed by atoms with E-state index in [-0.39, 0.29) is 0 Å². The molecule has 2 fully saturated rings. The van der Waals surface area contributed by atoms with Gasteiger partial charge in [0.15, 0.2) is 11.6 Å². The van der Waals surface area contributed by atoms with Gasteiger partial charge in [-0.25, -0.2) is 8.78 Å². The van der Waals surface area contributed by atoms with Crippen LogP contribution in [0.2, 0.25) is 0 Å². The molecular formula is C13H15F2N. The topological polar surface area (TPSA) is 12.0 Å². The van der Waals surface area contributed by atoms with Crippen molar-refractivity contribution in [2.75, 3.05) is 6.54 Å². The Morgan fingerprint density at radius 3 is 2.69 bits per heavy atom. The van der Waals surface area contributed by atoms with E-state index < -0.39 is 11.6 Å². The van der Waals surface area contributed by atoms with Crippen LogP contribution in [0.5, 0.6) is 0 Å². The molecule has 0 heterocycles. The van der Waals surface area contributed by atoms with Crippen LogP contribution in [0.15, 0.2) is 18.2 Å². The fraction of sp³-hybridized carbons (Fsp3) is 0.538. The third-order valence-electron chi connectivity index (χ3n) is 3.54. The molecule has 0 aliphatic heterocycles. The highest BCUT2D eigenvalue weighted by molar-refractivity contribution is 5.27. The summed E-state index contributed by atoms with van der Waals surface area (Å²) >= 11 is 0. The molecule has 1 N–H and O–H groups in total. The van der Waals surface area contributed by atoms with Gasteiger partial charge < -0.3 is 5.32 Å². The minimum Gasteiger partial charge on any atom is -0.314 e. The quantitative estimate of drug-likeness (QED) is 0.827. The standard InChI is InChI=1S/C13H15F2N/c14-12-4-1-8(6-13(12)15)11-5-9(11)7-16-10-2-3-10/h1,4,6,9-11,16H,2-3,5,7H2. The van der Waals surface area contributed by atoms with Crippen LogP contribution in [0.1, 0.15) is 30.7 Å². The first kappa shape index (κ1) is 10.2. The summed E-state index contributed by atoms with van der Waals surface area (Å²) in [7, 11) is 0. The molecule has 2 unspecified atom stereocenters. The predicted octanol–water partition coefficient (Wildman–Crippen LogP) is 2.82. The average molecular weight is 223 g/mol. The molecule has 0 amide bonds. The molecule has 2 aliphatic rings. The van der Waals surface area contributed by atoms with Crippen LogP contribution in [-0.2, 0) is 0 Å². The zero-order valence-electron chi connectivity index (χ0n) is 9.05. The number of rotatable bonds is 4. The minimum atomic E-state index is -0.753. The SMILES string of the molecule is Fc1ccc(C2CC2CNC2CC2)cc1F. The summed E-state index contributed by atoms with van der Waals surface area (Å²) in [6.45, 7) is 1.02.